The molecule has 1 saturated heterocycles. The number of hydrogen-bond donors (Lipinski definition) is 1. The van der Waals surface area contributed by atoms with Crippen molar-refractivity contribution < 1.29 is 17.0 Å². The second-order valence-electron chi connectivity index (χ2n) is 2.40. The molecule has 1 atom stereocenters. The number of halogens is 2. The Labute approximate surface area is 77.1 Å². The monoisotopic (exact) mass is 219 g/mol. The molecular formula is C5H11ClFNO3S. The van der Waals surface area contributed by atoms with E-state index in [0.29, 0.717) is 19.7 Å². The van der Waals surface area contributed by atoms with E-state index in [9.17, 15) is 12.3 Å². The summed E-state index contributed by atoms with van der Waals surface area (Å²) in [5, 5.41) is 2.90. The van der Waals surface area contributed by atoms with Crippen molar-refractivity contribution in [2.75, 3.05) is 25.4 Å². The molecule has 1 aliphatic heterocycles. The minimum absolute atomic E-state index is 0. The SMILES string of the molecule is Cl.O=S(=O)(F)C[C@H]1CNCCO1. The van der Waals surface area contributed by atoms with Gasteiger partial charge in [-0.1, -0.05) is 0 Å². The fourth-order valence-corrected chi connectivity index (χ4v) is 1.61. The van der Waals surface area contributed by atoms with Gasteiger partial charge in [0.05, 0.1) is 12.7 Å². The van der Waals surface area contributed by atoms with E-state index in [1.807, 2.05) is 0 Å². The van der Waals surface area contributed by atoms with Gasteiger partial charge in [0.25, 0.3) is 0 Å². The second-order valence-corrected chi connectivity index (χ2v) is 3.81. The molecule has 1 N–H and O–H groups in total. The van der Waals surface area contributed by atoms with Crippen molar-refractivity contribution in [2.45, 2.75) is 6.10 Å². The zero-order valence-corrected chi connectivity index (χ0v) is 7.96. The highest BCUT2D eigenvalue weighted by molar-refractivity contribution is 7.86. The number of ether oxygens (including phenoxy) is 1. The van der Waals surface area contributed by atoms with Crippen LogP contribution in [0, 0.1) is 0 Å². The fourth-order valence-electron chi connectivity index (χ4n) is 0.949. The fraction of sp³-hybridized carbons (Fsp3) is 1.00. The summed E-state index contributed by atoms with van der Waals surface area (Å²) in [6.07, 6.45) is -0.529. The molecule has 7 heteroatoms. The lowest BCUT2D eigenvalue weighted by Gasteiger charge is -2.21. The normalized spacial score (nSPS) is 24.6. The van der Waals surface area contributed by atoms with Crippen molar-refractivity contribution in [3.63, 3.8) is 0 Å². The van der Waals surface area contributed by atoms with E-state index >= 15 is 0 Å². The van der Waals surface area contributed by atoms with E-state index in [-0.39, 0.29) is 12.4 Å². The van der Waals surface area contributed by atoms with E-state index in [2.05, 4.69) is 5.32 Å². The number of rotatable bonds is 2. The Balaban J connectivity index is 0.00000121. The predicted molar refractivity (Wildman–Crippen MR) is 44.8 cm³/mol. The van der Waals surface area contributed by atoms with Crippen molar-refractivity contribution >= 4 is 22.6 Å². The minimum Gasteiger partial charge on any atom is -0.374 e. The third-order valence-electron chi connectivity index (χ3n) is 1.39. The summed E-state index contributed by atoms with van der Waals surface area (Å²) in [4.78, 5) is 0. The highest BCUT2D eigenvalue weighted by Crippen LogP contribution is 2.01. The molecule has 0 aromatic rings. The highest BCUT2D eigenvalue weighted by Gasteiger charge is 2.20. The second kappa shape index (κ2) is 4.96. The molecule has 1 fully saturated rings. The van der Waals surface area contributed by atoms with E-state index in [4.69, 9.17) is 4.74 Å². The van der Waals surface area contributed by atoms with Gasteiger partial charge >= 0.3 is 10.2 Å². The molecule has 12 heavy (non-hydrogen) atoms. The highest BCUT2D eigenvalue weighted by atomic mass is 35.5. The molecule has 0 radical (unpaired) electrons. The van der Waals surface area contributed by atoms with Crippen LogP contribution in [0.3, 0.4) is 0 Å². The molecule has 0 aromatic heterocycles. The van der Waals surface area contributed by atoms with Gasteiger partial charge in [0.1, 0.15) is 5.75 Å². The van der Waals surface area contributed by atoms with Gasteiger partial charge in [-0.25, -0.2) is 0 Å². The van der Waals surface area contributed by atoms with Crippen LogP contribution in [-0.4, -0.2) is 40.0 Å². The Hall–Kier alpha value is 0.0900. The lowest BCUT2D eigenvalue weighted by atomic mass is 10.3. The topological polar surface area (TPSA) is 55.4 Å². The van der Waals surface area contributed by atoms with Gasteiger partial charge in [-0.3, -0.25) is 0 Å². The van der Waals surface area contributed by atoms with Crippen molar-refractivity contribution in [3.05, 3.63) is 0 Å². The van der Waals surface area contributed by atoms with Gasteiger partial charge in [-0.15, -0.1) is 16.3 Å². The maximum atomic E-state index is 12.0. The summed E-state index contributed by atoms with van der Waals surface area (Å²) in [5.74, 6) is -0.542. The predicted octanol–water partition coefficient (Wildman–Crippen LogP) is -0.304. The largest absolute Gasteiger partial charge is 0.374 e. The summed E-state index contributed by atoms with van der Waals surface area (Å²) >= 11 is 0. The molecule has 0 unspecified atom stereocenters. The van der Waals surface area contributed by atoms with Crippen LogP contribution in [0.2, 0.25) is 0 Å². The number of nitrogens with one attached hydrogen (secondary N) is 1. The molecule has 0 aromatic carbocycles. The molecule has 0 amide bonds. The first-order valence-electron chi connectivity index (χ1n) is 3.32. The molecule has 0 saturated carbocycles. The number of hydrogen-bond acceptors (Lipinski definition) is 4. The van der Waals surface area contributed by atoms with Crippen LogP contribution in [0.1, 0.15) is 0 Å². The first kappa shape index (κ1) is 12.1. The standard InChI is InChI=1S/C5H10FNO3S.ClH/c6-11(8,9)4-5-3-7-1-2-10-5;/h5,7H,1-4H2;1H/t5-;/m1./s1. The Morgan fingerprint density at radius 3 is 2.67 bits per heavy atom. The lowest BCUT2D eigenvalue weighted by molar-refractivity contribution is 0.0425. The first-order chi connectivity index (χ1) is 5.08. The van der Waals surface area contributed by atoms with Crippen LogP contribution in [0.25, 0.3) is 0 Å². The van der Waals surface area contributed by atoms with E-state index in [1.165, 1.54) is 0 Å². The maximum Gasteiger partial charge on any atom is 0.305 e. The van der Waals surface area contributed by atoms with Crippen molar-refractivity contribution in [3.8, 4) is 0 Å². The Morgan fingerprint density at radius 1 is 1.58 bits per heavy atom. The van der Waals surface area contributed by atoms with Crippen molar-refractivity contribution in [2.24, 2.45) is 0 Å². The third-order valence-corrected chi connectivity index (χ3v) is 2.16. The van der Waals surface area contributed by atoms with Crippen LogP contribution < -0.4 is 5.32 Å². The summed E-state index contributed by atoms with van der Waals surface area (Å²) in [6, 6.07) is 0. The molecule has 0 aliphatic carbocycles. The summed E-state index contributed by atoms with van der Waals surface area (Å²) in [5.41, 5.74) is 0. The van der Waals surface area contributed by atoms with E-state index in [1.54, 1.807) is 0 Å². The molecule has 1 aliphatic rings. The molecule has 0 bridgehead atoms. The lowest BCUT2D eigenvalue weighted by Crippen LogP contribution is -2.41. The summed E-state index contributed by atoms with van der Waals surface area (Å²) < 4.78 is 37.3. The molecule has 1 rings (SSSR count). The maximum absolute atomic E-state index is 12.0. The molecule has 0 spiro atoms. The Morgan fingerprint density at radius 2 is 2.25 bits per heavy atom. The average molecular weight is 220 g/mol. The zero-order valence-electron chi connectivity index (χ0n) is 6.32. The molecule has 74 valence electrons. The zero-order chi connectivity index (χ0) is 8.32. The van der Waals surface area contributed by atoms with E-state index < -0.39 is 22.1 Å². The van der Waals surface area contributed by atoms with Crippen LogP contribution in [0.15, 0.2) is 0 Å². The van der Waals surface area contributed by atoms with Crippen LogP contribution in [-0.2, 0) is 15.0 Å². The summed E-state index contributed by atoms with van der Waals surface area (Å²) in [7, 11) is -4.39. The van der Waals surface area contributed by atoms with Gasteiger partial charge < -0.3 is 10.1 Å². The van der Waals surface area contributed by atoms with Crippen molar-refractivity contribution in [1.29, 1.82) is 0 Å². The smallest absolute Gasteiger partial charge is 0.305 e. The third kappa shape index (κ3) is 4.87. The van der Waals surface area contributed by atoms with Crippen LogP contribution >= 0.6 is 12.4 Å². The van der Waals surface area contributed by atoms with Gasteiger partial charge in [-0.05, 0) is 0 Å². The Bertz CT molecular complexity index is 215. The molecular weight excluding hydrogens is 209 g/mol. The average Bonchev–Trinajstić information content (AvgIpc) is 1.85. The van der Waals surface area contributed by atoms with Gasteiger partial charge in [0.2, 0.25) is 0 Å². The summed E-state index contributed by atoms with van der Waals surface area (Å²) in [6.45, 7) is 1.55. The van der Waals surface area contributed by atoms with Crippen LogP contribution in [0.4, 0.5) is 3.89 Å². The van der Waals surface area contributed by atoms with Gasteiger partial charge in [0.15, 0.2) is 0 Å². The van der Waals surface area contributed by atoms with Gasteiger partial charge in [-0.2, -0.15) is 8.42 Å². The minimum atomic E-state index is -4.39. The van der Waals surface area contributed by atoms with Crippen molar-refractivity contribution in [1.82, 2.24) is 5.32 Å². The molecule has 4 nitrogen and oxygen atoms in total. The van der Waals surface area contributed by atoms with E-state index in [0.717, 1.165) is 0 Å². The molecule has 1 heterocycles. The Kier molecular flexibility index (Phi) is 5.00. The van der Waals surface area contributed by atoms with Crippen LogP contribution in [0.5, 0.6) is 0 Å². The number of morpholine rings is 1. The first-order valence-corrected chi connectivity index (χ1v) is 4.88. The van der Waals surface area contributed by atoms with Gasteiger partial charge in [0, 0.05) is 13.1 Å². The quantitative estimate of drug-likeness (QED) is 0.648.